The highest BCUT2D eigenvalue weighted by molar-refractivity contribution is 6.35. The lowest BCUT2D eigenvalue weighted by Gasteiger charge is -2.35. The lowest BCUT2D eigenvalue weighted by molar-refractivity contribution is -0.00866. The molecule has 0 aliphatic carbocycles. The molecule has 178 valence electrons. The van der Waals surface area contributed by atoms with Crippen molar-refractivity contribution in [3.63, 3.8) is 0 Å². The Morgan fingerprint density at radius 2 is 1.72 bits per heavy atom. The number of halogens is 1. The number of nitrogens with zero attached hydrogens (tertiary/aromatic N) is 2. The minimum atomic E-state index is -1.96. The average Bonchev–Trinajstić information content (AvgIpc) is 3.47. The van der Waals surface area contributed by atoms with Gasteiger partial charge in [-0.1, -0.05) is 72.3 Å². The van der Waals surface area contributed by atoms with Gasteiger partial charge in [0.05, 0.1) is 17.5 Å². The van der Waals surface area contributed by atoms with Gasteiger partial charge in [0.2, 0.25) is 0 Å². The first-order valence-electron chi connectivity index (χ1n) is 11.3. The fraction of sp³-hybridized carbons (Fsp3) is 0.107. The van der Waals surface area contributed by atoms with Gasteiger partial charge >= 0.3 is 5.63 Å². The molecule has 1 unspecified atom stereocenters. The minimum absolute atomic E-state index is 0.0361. The molecular formula is C28H19ClN2O5. The maximum atomic E-state index is 13.9. The SMILES string of the molecule is O=C(C1=C(c2c(O)c3cc(Cl)ccc3oc2=O)C(O)(c2ccccc2)N2CCN=C12)c1ccccc1. The number of benzene rings is 3. The van der Waals surface area contributed by atoms with Gasteiger partial charge in [-0.25, -0.2) is 4.79 Å². The summed E-state index contributed by atoms with van der Waals surface area (Å²) in [5, 5.41) is 24.3. The van der Waals surface area contributed by atoms with Crippen LogP contribution in [0.4, 0.5) is 0 Å². The summed E-state index contributed by atoms with van der Waals surface area (Å²) in [6, 6.07) is 21.7. The number of aliphatic imine (C=N–C) groups is 1. The van der Waals surface area contributed by atoms with Crippen molar-refractivity contribution in [1.29, 1.82) is 0 Å². The lowest BCUT2D eigenvalue weighted by Crippen LogP contribution is -2.44. The summed E-state index contributed by atoms with van der Waals surface area (Å²) in [5.74, 6) is -0.614. The largest absolute Gasteiger partial charge is 0.506 e. The molecular weight excluding hydrogens is 480 g/mol. The molecule has 8 heteroatoms. The molecule has 0 amide bonds. The molecule has 2 aliphatic rings. The Balaban J connectivity index is 1.75. The molecule has 0 saturated carbocycles. The fourth-order valence-electron chi connectivity index (χ4n) is 5.00. The van der Waals surface area contributed by atoms with Crippen molar-refractivity contribution in [2.45, 2.75) is 5.72 Å². The molecule has 6 rings (SSSR count). The number of aliphatic hydroxyl groups is 1. The first-order valence-corrected chi connectivity index (χ1v) is 11.7. The van der Waals surface area contributed by atoms with E-state index in [4.69, 9.17) is 16.0 Å². The second kappa shape index (κ2) is 8.19. The van der Waals surface area contributed by atoms with Crippen LogP contribution in [0.15, 0.2) is 98.6 Å². The fourth-order valence-corrected chi connectivity index (χ4v) is 5.17. The number of fused-ring (bicyclic) bond motifs is 2. The van der Waals surface area contributed by atoms with Crippen LogP contribution in [0.5, 0.6) is 5.75 Å². The molecule has 2 N–H and O–H groups in total. The summed E-state index contributed by atoms with van der Waals surface area (Å²) in [6.45, 7) is 0.665. The van der Waals surface area contributed by atoms with Crippen molar-refractivity contribution in [3.8, 4) is 5.75 Å². The van der Waals surface area contributed by atoms with Crippen molar-refractivity contribution in [3.05, 3.63) is 117 Å². The van der Waals surface area contributed by atoms with Crippen molar-refractivity contribution in [2.75, 3.05) is 13.1 Å². The molecule has 4 aromatic rings. The van der Waals surface area contributed by atoms with Gasteiger partial charge in [-0.3, -0.25) is 9.79 Å². The zero-order valence-electron chi connectivity index (χ0n) is 18.8. The zero-order chi connectivity index (χ0) is 25.0. The van der Waals surface area contributed by atoms with E-state index < -0.39 is 22.9 Å². The molecule has 36 heavy (non-hydrogen) atoms. The van der Waals surface area contributed by atoms with Crippen LogP contribution < -0.4 is 5.63 Å². The molecule has 0 bridgehead atoms. The van der Waals surface area contributed by atoms with Crippen molar-refractivity contribution in [1.82, 2.24) is 4.90 Å². The topological polar surface area (TPSA) is 103 Å². The summed E-state index contributed by atoms with van der Waals surface area (Å²) >= 11 is 6.16. The average molecular weight is 499 g/mol. The predicted octanol–water partition coefficient (Wildman–Crippen LogP) is 4.36. The molecule has 3 aromatic carbocycles. The number of amidine groups is 1. The van der Waals surface area contributed by atoms with Gasteiger partial charge in [0.15, 0.2) is 11.5 Å². The Morgan fingerprint density at radius 1 is 1.03 bits per heavy atom. The Hall–Kier alpha value is -4.20. The number of ketones is 1. The molecule has 1 atom stereocenters. The van der Waals surface area contributed by atoms with E-state index in [1.165, 1.54) is 18.2 Å². The second-order valence-electron chi connectivity index (χ2n) is 8.59. The van der Waals surface area contributed by atoms with Gasteiger partial charge in [0, 0.05) is 28.3 Å². The number of hydrogen-bond donors (Lipinski definition) is 2. The smallest absolute Gasteiger partial charge is 0.347 e. The highest BCUT2D eigenvalue weighted by atomic mass is 35.5. The van der Waals surface area contributed by atoms with E-state index in [1.54, 1.807) is 65.6 Å². The van der Waals surface area contributed by atoms with Crippen LogP contribution in [0.3, 0.4) is 0 Å². The lowest BCUT2D eigenvalue weighted by atomic mass is 9.86. The Labute approximate surface area is 210 Å². The molecule has 0 radical (unpaired) electrons. The highest BCUT2D eigenvalue weighted by Crippen LogP contribution is 2.51. The van der Waals surface area contributed by atoms with E-state index in [0.717, 1.165) is 0 Å². The number of Topliss-reactive ketones (excluding diaryl/α,β-unsaturated/α-hetero) is 1. The van der Waals surface area contributed by atoms with Crippen LogP contribution in [0.25, 0.3) is 16.5 Å². The molecule has 3 heterocycles. The van der Waals surface area contributed by atoms with Gasteiger partial charge < -0.3 is 19.5 Å². The standard InChI is InChI=1S/C28H19ClN2O5/c29-18-11-12-20-19(15-18)25(33)22(27(34)36-20)23-21(24(32)16-7-3-1-4-8-16)26-30-13-14-31(26)28(23,35)17-9-5-2-6-10-17/h1-12,15,33,35H,13-14H2. The third kappa shape index (κ3) is 3.13. The maximum absolute atomic E-state index is 13.9. The predicted molar refractivity (Wildman–Crippen MR) is 136 cm³/mol. The van der Waals surface area contributed by atoms with Crippen LogP contribution in [-0.4, -0.2) is 39.8 Å². The highest BCUT2D eigenvalue weighted by Gasteiger charge is 2.55. The van der Waals surface area contributed by atoms with E-state index in [-0.39, 0.29) is 33.5 Å². The molecule has 0 spiro atoms. The summed E-state index contributed by atoms with van der Waals surface area (Å²) in [4.78, 5) is 33.4. The number of carbonyl (C=O) groups excluding carboxylic acids is 1. The second-order valence-corrected chi connectivity index (χ2v) is 9.03. The number of rotatable bonds is 4. The van der Waals surface area contributed by atoms with Crippen molar-refractivity contribution < 1.29 is 19.4 Å². The van der Waals surface area contributed by atoms with Crippen LogP contribution in [0, 0.1) is 0 Å². The zero-order valence-corrected chi connectivity index (χ0v) is 19.6. The normalized spacial score (nSPS) is 19.1. The van der Waals surface area contributed by atoms with Gasteiger partial charge in [-0.2, -0.15) is 0 Å². The number of hydrogen-bond acceptors (Lipinski definition) is 7. The van der Waals surface area contributed by atoms with Gasteiger partial charge in [0.25, 0.3) is 0 Å². The van der Waals surface area contributed by atoms with E-state index in [2.05, 4.69) is 4.99 Å². The number of carbonyl (C=O) groups is 1. The molecule has 7 nitrogen and oxygen atoms in total. The molecule has 0 fully saturated rings. The minimum Gasteiger partial charge on any atom is -0.506 e. The molecule has 0 saturated heterocycles. The van der Waals surface area contributed by atoms with Gasteiger partial charge in [-0.05, 0) is 18.2 Å². The molecule has 1 aromatic heterocycles. The van der Waals surface area contributed by atoms with Gasteiger partial charge in [-0.15, -0.1) is 0 Å². The summed E-state index contributed by atoms with van der Waals surface area (Å²) < 4.78 is 5.54. The van der Waals surface area contributed by atoms with E-state index >= 15 is 0 Å². The van der Waals surface area contributed by atoms with Crippen LogP contribution in [-0.2, 0) is 5.72 Å². The third-order valence-corrected chi connectivity index (χ3v) is 6.82. The van der Waals surface area contributed by atoms with E-state index in [1.807, 2.05) is 0 Å². The van der Waals surface area contributed by atoms with E-state index in [9.17, 15) is 19.8 Å². The summed E-state index contributed by atoms with van der Waals surface area (Å²) in [6.07, 6.45) is 0. The van der Waals surface area contributed by atoms with Gasteiger partial charge in [0.1, 0.15) is 22.7 Å². The Kier molecular flexibility index (Phi) is 5.07. The first-order chi connectivity index (χ1) is 17.4. The van der Waals surface area contributed by atoms with Crippen LogP contribution in [0.1, 0.15) is 21.5 Å². The Bertz CT molecular complexity index is 1660. The monoisotopic (exact) mass is 498 g/mol. The first kappa shape index (κ1) is 22.3. The van der Waals surface area contributed by atoms with Crippen LogP contribution in [0.2, 0.25) is 5.02 Å². The Morgan fingerprint density at radius 3 is 2.44 bits per heavy atom. The van der Waals surface area contributed by atoms with E-state index in [0.29, 0.717) is 29.2 Å². The number of aromatic hydroxyl groups is 1. The summed E-state index contributed by atoms with van der Waals surface area (Å²) in [7, 11) is 0. The van der Waals surface area contributed by atoms with Crippen molar-refractivity contribution >= 4 is 39.8 Å². The van der Waals surface area contributed by atoms with Crippen LogP contribution >= 0.6 is 11.6 Å². The van der Waals surface area contributed by atoms with Crippen molar-refractivity contribution in [2.24, 2.45) is 4.99 Å². The third-order valence-electron chi connectivity index (χ3n) is 6.58. The summed E-state index contributed by atoms with van der Waals surface area (Å²) in [5.41, 5.74) is -2.32. The maximum Gasteiger partial charge on any atom is 0.347 e. The quantitative estimate of drug-likeness (QED) is 0.320. The molecule has 2 aliphatic heterocycles.